The molecule has 0 bridgehead atoms. The minimum atomic E-state index is -2.91. The van der Waals surface area contributed by atoms with Gasteiger partial charge in [0.25, 0.3) is 0 Å². The van der Waals surface area contributed by atoms with Gasteiger partial charge in [-0.1, -0.05) is 44.9 Å². The lowest BCUT2D eigenvalue weighted by molar-refractivity contribution is 0.275. The van der Waals surface area contributed by atoms with Crippen LogP contribution in [0.3, 0.4) is 0 Å². The van der Waals surface area contributed by atoms with Crippen molar-refractivity contribution in [3.05, 3.63) is 30.3 Å². The summed E-state index contributed by atoms with van der Waals surface area (Å²) in [4.78, 5) is 0. The van der Waals surface area contributed by atoms with E-state index in [0.29, 0.717) is 6.61 Å². The number of hydrogen-bond donors (Lipinski definition) is 0. The van der Waals surface area contributed by atoms with Crippen molar-refractivity contribution in [1.82, 2.24) is 4.67 Å². The molecule has 1 aromatic carbocycles. The third kappa shape index (κ3) is 4.73. The fourth-order valence-corrected chi connectivity index (χ4v) is 4.51. The van der Waals surface area contributed by atoms with Crippen molar-refractivity contribution in [2.24, 2.45) is 0 Å². The third-order valence-electron chi connectivity index (χ3n) is 3.30. The van der Waals surface area contributed by atoms with Crippen LogP contribution in [-0.4, -0.2) is 24.4 Å². The zero-order valence-electron chi connectivity index (χ0n) is 13.0. The van der Waals surface area contributed by atoms with Crippen LogP contribution in [-0.2, 0) is 9.09 Å². The molecule has 0 spiro atoms. The first-order valence-electron chi connectivity index (χ1n) is 7.74. The summed E-state index contributed by atoms with van der Waals surface area (Å²) in [5.41, 5.74) is 0. The molecule has 1 aromatic rings. The summed E-state index contributed by atoms with van der Waals surface area (Å²) < 4.78 is 21.3. The van der Waals surface area contributed by atoms with Crippen LogP contribution in [0.5, 0.6) is 0 Å². The molecule has 1 rings (SSSR count). The van der Waals surface area contributed by atoms with Crippen LogP contribution in [0, 0.1) is 0 Å². The zero-order valence-corrected chi connectivity index (χ0v) is 13.9. The molecule has 0 aliphatic carbocycles. The molecule has 0 saturated carbocycles. The van der Waals surface area contributed by atoms with E-state index in [-0.39, 0.29) is 0 Å². The van der Waals surface area contributed by atoms with Gasteiger partial charge in [-0.15, -0.1) is 0 Å². The van der Waals surface area contributed by atoms with Crippen molar-refractivity contribution in [2.45, 2.75) is 46.5 Å². The Morgan fingerprint density at radius 1 is 1.00 bits per heavy atom. The summed E-state index contributed by atoms with van der Waals surface area (Å²) >= 11 is 0. The van der Waals surface area contributed by atoms with Gasteiger partial charge < -0.3 is 4.52 Å². The number of unbranched alkanes of at least 4 members (excludes halogenated alkanes) is 2. The number of nitrogens with zero attached hydrogens (tertiary/aromatic N) is 1. The number of hydrogen-bond acceptors (Lipinski definition) is 2. The molecule has 4 heteroatoms. The third-order valence-corrected chi connectivity index (χ3v) is 6.00. The van der Waals surface area contributed by atoms with E-state index in [2.05, 4.69) is 18.5 Å². The molecule has 0 heterocycles. The van der Waals surface area contributed by atoms with Crippen molar-refractivity contribution >= 4 is 12.8 Å². The molecule has 0 saturated heterocycles. The summed E-state index contributed by atoms with van der Waals surface area (Å²) in [6, 6.07) is 9.64. The maximum atomic E-state index is 13.4. The van der Waals surface area contributed by atoms with Gasteiger partial charge in [0.1, 0.15) is 0 Å². The van der Waals surface area contributed by atoms with Gasteiger partial charge in [0.05, 0.1) is 11.9 Å². The highest BCUT2D eigenvalue weighted by Crippen LogP contribution is 2.49. The molecule has 1 atom stereocenters. The van der Waals surface area contributed by atoms with E-state index in [4.69, 9.17) is 4.52 Å². The average Bonchev–Trinajstić information content (AvgIpc) is 2.48. The van der Waals surface area contributed by atoms with Gasteiger partial charge in [-0.25, -0.2) is 4.67 Å². The number of benzene rings is 1. The fourth-order valence-electron chi connectivity index (χ4n) is 2.17. The SMILES string of the molecule is CCCCN(CCCC)P(=O)(OCC)c1ccccc1. The summed E-state index contributed by atoms with van der Waals surface area (Å²) in [6.07, 6.45) is 4.30. The van der Waals surface area contributed by atoms with E-state index < -0.39 is 7.52 Å². The van der Waals surface area contributed by atoms with Crippen LogP contribution < -0.4 is 5.30 Å². The predicted octanol–water partition coefficient (Wildman–Crippen LogP) is 4.44. The van der Waals surface area contributed by atoms with Gasteiger partial charge in [-0.3, -0.25) is 4.57 Å². The van der Waals surface area contributed by atoms with Crippen LogP contribution in [0.2, 0.25) is 0 Å². The molecule has 3 nitrogen and oxygen atoms in total. The Hall–Kier alpha value is -0.630. The van der Waals surface area contributed by atoms with Gasteiger partial charge in [0.2, 0.25) is 0 Å². The Morgan fingerprint density at radius 3 is 2.00 bits per heavy atom. The molecule has 0 N–H and O–H groups in total. The smallest absolute Gasteiger partial charge is 0.302 e. The maximum absolute atomic E-state index is 13.4. The normalized spacial score (nSPS) is 14.4. The van der Waals surface area contributed by atoms with Gasteiger partial charge in [0.15, 0.2) is 0 Å². The molecule has 0 aromatic heterocycles. The lowest BCUT2D eigenvalue weighted by Gasteiger charge is -2.31. The second kappa shape index (κ2) is 9.33. The van der Waals surface area contributed by atoms with Crippen molar-refractivity contribution in [3.8, 4) is 0 Å². The van der Waals surface area contributed by atoms with Gasteiger partial charge >= 0.3 is 7.52 Å². The van der Waals surface area contributed by atoms with Crippen LogP contribution >= 0.6 is 7.52 Å². The topological polar surface area (TPSA) is 29.5 Å². The molecule has 0 fully saturated rings. The van der Waals surface area contributed by atoms with Crippen LogP contribution in [0.4, 0.5) is 0 Å². The van der Waals surface area contributed by atoms with E-state index >= 15 is 0 Å². The monoisotopic (exact) mass is 297 g/mol. The Labute approximate surface area is 123 Å². The summed E-state index contributed by atoms with van der Waals surface area (Å²) in [5, 5.41) is 0.814. The van der Waals surface area contributed by atoms with Crippen LogP contribution in [0.15, 0.2) is 30.3 Å². The summed E-state index contributed by atoms with van der Waals surface area (Å²) in [5.74, 6) is 0. The standard InChI is InChI=1S/C16H28NO2P/c1-4-7-14-17(15-8-5-2)20(18,19-6-3)16-12-10-9-11-13-16/h9-13H,4-8,14-15H2,1-3H3. The minimum absolute atomic E-state index is 0.473. The van der Waals surface area contributed by atoms with Crippen LogP contribution in [0.1, 0.15) is 46.5 Å². The van der Waals surface area contributed by atoms with Crippen LogP contribution in [0.25, 0.3) is 0 Å². The highest BCUT2D eigenvalue weighted by molar-refractivity contribution is 7.64. The van der Waals surface area contributed by atoms with Crippen molar-refractivity contribution < 1.29 is 9.09 Å². The summed E-state index contributed by atoms with van der Waals surface area (Å²) in [7, 11) is -2.91. The highest BCUT2D eigenvalue weighted by Gasteiger charge is 2.32. The lowest BCUT2D eigenvalue weighted by Crippen LogP contribution is -2.29. The van der Waals surface area contributed by atoms with Gasteiger partial charge in [-0.2, -0.15) is 0 Å². The Bertz CT molecular complexity index is 400. The Kier molecular flexibility index (Phi) is 8.13. The van der Waals surface area contributed by atoms with Gasteiger partial charge in [-0.05, 0) is 31.9 Å². The average molecular weight is 297 g/mol. The highest BCUT2D eigenvalue weighted by atomic mass is 31.2. The molecule has 20 heavy (non-hydrogen) atoms. The molecule has 0 aliphatic rings. The van der Waals surface area contributed by atoms with E-state index in [1.165, 1.54) is 0 Å². The first-order chi connectivity index (χ1) is 9.69. The quantitative estimate of drug-likeness (QED) is 0.598. The fraction of sp³-hybridized carbons (Fsp3) is 0.625. The number of rotatable bonds is 10. The molecule has 114 valence electrons. The van der Waals surface area contributed by atoms with Crippen molar-refractivity contribution in [3.63, 3.8) is 0 Å². The van der Waals surface area contributed by atoms with Gasteiger partial charge in [0, 0.05) is 13.1 Å². The first-order valence-corrected chi connectivity index (χ1v) is 9.32. The predicted molar refractivity (Wildman–Crippen MR) is 86.7 cm³/mol. The summed E-state index contributed by atoms with van der Waals surface area (Å²) in [6.45, 7) is 8.37. The molecular weight excluding hydrogens is 269 g/mol. The molecular formula is C16H28NO2P. The largest absolute Gasteiger partial charge is 0.314 e. The van der Waals surface area contributed by atoms with Crippen molar-refractivity contribution in [1.29, 1.82) is 0 Å². The second-order valence-electron chi connectivity index (χ2n) is 4.93. The van der Waals surface area contributed by atoms with E-state index in [0.717, 1.165) is 44.1 Å². The van der Waals surface area contributed by atoms with E-state index in [1.54, 1.807) is 0 Å². The van der Waals surface area contributed by atoms with E-state index in [9.17, 15) is 4.57 Å². The van der Waals surface area contributed by atoms with E-state index in [1.807, 2.05) is 37.3 Å². The Morgan fingerprint density at radius 2 is 1.55 bits per heavy atom. The second-order valence-corrected chi connectivity index (χ2v) is 7.32. The molecule has 1 unspecified atom stereocenters. The Balaban J connectivity index is 3.01. The first kappa shape index (κ1) is 17.4. The lowest BCUT2D eigenvalue weighted by atomic mass is 10.3. The maximum Gasteiger partial charge on any atom is 0.302 e. The van der Waals surface area contributed by atoms with Crippen molar-refractivity contribution in [2.75, 3.05) is 19.7 Å². The molecule has 0 amide bonds. The molecule has 0 aliphatic heterocycles. The zero-order chi connectivity index (χ0) is 14.8. The minimum Gasteiger partial charge on any atom is -0.314 e. The molecule has 0 radical (unpaired) electrons.